The summed E-state index contributed by atoms with van der Waals surface area (Å²) < 4.78 is 43.6. The highest BCUT2D eigenvalue weighted by Gasteiger charge is 2.48. The highest BCUT2D eigenvalue weighted by Crippen LogP contribution is 2.30. The molecule has 0 aliphatic carbocycles. The maximum Gasteiger partial charge on any atom is 0.522 e. The van der Waals surface area contributed by atoms with E-state index in [0.717, 1.165) is 0 Å². The van der Waals surface area contributed by atoms with E-state index in [1.807, 2.05) is 0 Å². The number of Topliss-reactive ketones (excluding diaryl/α,β-unsaturated/α-hetero) is 1. The minimum atomic E-state index is -4.84. The fourth-order valence-corrected chi connectivity index (χ4v) is 1.57. The largest absolute Gasteiger partial charge is 0.522 e. The lowest BCUT2D eigenvalue weighted by atomic mass is 9.78. The normalized spacial score (nSPS) is 25.9. The van der Waals surface area contributed by atoms with Crippen LogP contribution in [0.4, 0.5) is 13.2 Å². The van der Waals surface area contributed by atoms with Crippen LogP contribution in [-0.4, -0.2) is 43.0 Å². The van der Waals surface area contributed by atoms with E-state index in [4.69, 9.17) is 9.84 Å². The number of alkyl halides is 3. The summed E-state index contributed by atoms with van der Waals surface area (Å²) in [4.78, 5) is 22.5. The molecule has 0 saturated carbocycles. The molecule has 1 aliphatic rings. The quantitative estimate of drug-likeness (QED) is 0.759. The van der Waals surface area contributed by atoms with Gasteiger partial charge in [0.2, 0.25) is 0 Å². The summed E-state index contributed by atoms with van der Waals surface area (Å²) in [6.45, 7) is -1.21. The lowest BCUT2D eigenvalue weighted by Crippen LogP contribution is -2.48. The fraction of sp³-hybridized carbons (Fsp3) is 0.778. The first-order chi connectivity index (χ1) is 7.78. The van der Waals surface area contributed by atoms with Crippen molar-refractivity contribution in [3.05, 3.63) is 0 Å². The molecule has 0 aromatic rings. The highest BCUT2D eigenvalue weighted by atomic mass is 19.4. The van der Waals surface area contributed by atoms with E-state index in [0.29, 0.717) is 0 Å². The minimum Gasteiger partial charge on any atom is -0.480 e. The van der Waals surface area contributed by atoms with Crippen LogP contribution in [0.2, 0.25) is 0 Å². The predicted molar refractivity (Wildman–Crippen MR) is 47.1 cm³/mol. The van der Waals surface area contributed by atoms with E-state index in [1.54, 1.807) is 0 Å². The number of ketones is 1. The first-order valence-electron chi connectivity index (χ1n) is 4.83. The second kappa shape index (κ2) is 5.01. The number of halogens is 3. The summed E-state index contributed by atoms with van der Waals surface area (Å²) in [7, 11) is 0. The molecule has 0 aromatic carbocycles. The number of hydrogen-bond donors (Lipinski definition) is 1. The number of ether oxygens (including phenoxy) is 2. The van der Waals surface area contributed by atoms with Gasteiger partial charge >= 0.3 is 12.3 Å². The zero-order valence-corrected chi connectivity index (χ0v) is 8.75. The van der Waals surface area contributed by atoms with Gasteiger partial charge in [-0.15, -0.1) is 13.2 Å². The lowest BCUT2D eigenvalue weighted by molar-refractivity contribution is -0.326. The Morgan fingerprint density at radius 3 is 2.65 bits per heavy atom. The Morgan fingerprint density at radius 2 is 2.18 bits per heavy atom. The SMILES string of the molecule is O=C(O)C1(CCOC(F)(F)F)COCCC1=O. The Hall–Kier alpha value is -1.15. The number of carbonyl (C=O) groups excluding carboxylic acids is 1. The van der Waals surface area contributed by atoms with Gasteiger partial charge in [0.25, 0.3) is 0 Å². The molecule has 98 valence electrons. The smallest absolute Gasteiger partial charge is 0.480 e. The van der Waals surface area contributed by atoms with Gasteiger partial charge in [-0.3, -0.25) is 14.3 Å². The molecular weight excluding hydrogens is 245 g/mol. The van der Waals surface area contributed by atoms with Crippen LogP contribution >= 0.6 is 0 Å². The van der Waals surface area contributed by atoms with Crippen LogP contribution in [0.3, 0.4) is 0 Å². The van der Waals surface area contributed by atoms with Crippen molar-refractivity contribution in [3.63, 3.8) is 0 Å². The molecule has 0 aromatic heterocycles. The molecule has 0 spiro atoms. The van der Waals surface area contributed by atoms with E-state index < -0.39 is 43.2 Å². The number of carboxylic acid groups (broad SMARTS) is 1. The first kappa shape index (κ1) is 13.9. The van der Waals surface area contributed by atoms with Gasteiger partial charge in [-0.25, -0.2) is 0 Å². The molecule has 1 heterocycles. The van der Waals surface area contributed by atoms with E-state index in [-0.39, 0.29) is 13.0 Å². The van der Waals surface area contributed by atoms with Gasteiger partial charge in [0.05, 0.1) is 19.8 Å². The van der Waals surface area contributed by atoms with Crippen molar-refractivity contribution in [3.8, 4) is 0 Å². The van der Waals surface area contributed by atoms with Crippen LogP contribution in [0, 0.1) is 5.41 Å². The molecule has 1 rings (SSSR count). The van der Waals surface area contributed by atoms with E-state index >= 15 is 0 Å². The van der Waals surface area contributed by atoms with Crippen molar-refractivity contribution in [2.45, 2.75) is 19.2 Å². The Morgan fingerprint density at radius 1 is 1.53 bits per heavy atom. The molecule has 1 aliphatic heterocycles. The van der Waals surface area contributed by atoms with Crippen LogP contribution in [0.25, 0.3) is 0 Å². The number of rotatable bonds is 4. The van der Waals surface area contributed by atoms with Crippen molar-refractivity contribution in [2.24, 2.45) is 5.41 Å². The molecule has 0 amide bonds. The molecule has 1 saturated heterocycles. The summed E-state index contributed by atoms with van der Waals surface area (Å²) in [5.74, 6) is -2.10. The monoisotopic (exact) mass is 256 g/mol. The second-order valence-electron chi connectivity index (χ2n) is 3.66. The van der Waals surface area contributed by atoms with Crippen molar-refractivity contribution in [1.82, 2.24) is 0 Å². The molecule has 0 bridgehead atoms. The average molecular weight is 256 g/mol. The number of hydrogen-bond acceptors (Lipinski definition) is 4. The van der Waals surface area contributed by atoms with Gasteiger partial charge in [-0.05, 0) is 6.42 Å². The summed E-state index contributed by atoms with van der Waals surface area (Å²) in [5.41, 5.74) is -1.91. The molecule has 5 nitrogen and oxygen atoms in total. The third-order valence-corrected chi connectivity index (χ3v) is 2.56. The van der Waals surface area contributed by atoms with E-state index in [1.165, 1.54) is 0 Å². The predicted octanol–water partition coefficient (Wildman–Crippen LogP) is 0.973. The van der Waals surface area contributed by atoms with Crippen LogP contribution < -0.4 is 0 Å². The third kappa shape index (κ3) is 3.40. The van der Waals surface area contributed by atoms with Crippen LogP contribution in [-0.2, 0) is 19.1 Å². The molecule has 1 N–H and O–H groups in total. The highest BCUT2D eigenvalue weighted by molar-refractivity contribution is 6.03. The minimum absolute atomic E-state index is 0.0913. The first-order valence-corrected chi connectivity index (χ1v) is 4.83. The van der Waals surface area contributed by atoms with E-state index in [9.17, 15) is 22.8 Å². The van der Waals surface area contributed by atoms with Gasteiger partial charge in [-0.2, -0.15) is 0 Å². The van der Waals surface area contributed by atoms with Gasteiger partial charge in [0.1, 0.15) is 0 Å². The van der Waals surface area contributed by atoms with Crippen LogP contribution in [0.1, 0.15) is 12.8 Å². The van der Waals surface area contributed by atoms with Gasteiger partial charge < -0.3 is 9.84 Å². The molecule has 0 radical (unpaired) electrons. The van der Waals surface area contributed by atoms with Gasteiger partial charge in [0.15, 0.2) is 11.2 Å². The van der Waals surface area contributed by atoms with Gasteiger partial charge in [0, 0.05) is 6.42 Å². The van der Waals surface area contributed by atoms with Crippen LogP contribution in [0.15, 0.2) is 0 Å². The molecule has 1 unspecified atom stereocenters. The molecule has 17 heavy (non-hydrogen) atoms. The zero-order valence-electron chi connectivity index (χ0n) is 8.75. The molecule has 1 atom stereocenters. The Labute approximate surface area is 94.5 Å². The zero-order chi connectivity index (χ0) is 13.1. The second-order valence-corrected chi connectivity index (χ2v) is 3.66. The maximum absolute atomic E-state index is 11.7. The maximum atomic E-state index is 11.7. The summed E-state index contributed by atoms with van der Waals surface area (Å²) in [5, 5.41) is 8.95. The Bertz CT molecular complexity index is 314. The molecular formula is C9H11F3O5. The fourth-order valence-electron chi connectivity index (χ4n) is 1.57. The Kier molecular flexibility index (Phi) is 4.10. The summed E-state index contributed by atoms with van der Waals surface area (Å²) in [6.07, 6.45) is -5.50. The molecule has 8 heteroatoms. The number of carbonyl (C=O) groups is 2. The summed E-state index contributed by atoms with van der Waals surface area (Å²) >= 11 is 0. The van der Waals surface area contributed by atoms with Crippen molar-refractivity contribution < 1.29 is 37.3 Å². The Balaban J connectivity index is 2.66. The topological polar surface area (TPSA) is 72.8 Å². The molecule has 1 fully saturated rings. The van der Waals surface area contributed by atoms with Crippen molar-refractivity contribution in [2.75, 3.05) is 19.8 Å². The summed E-state index contributed by atoms with van der Waals surface area (Å²) in [6, 6.07) is 0. The van der Waals surface area contributed by atoms with Crippen molar-refractivity contribution >= 4 is 11.8 Å². The standard InChI is InChI=1S/C9H11F3O5/c10-9(11,12)17-4-2-8(7(14)15)5-16-3-1-6(8)13/h1-5H2,(H,14,15). The number of carboxylic acids is 1. The third-order valence-electron chi connectivity index (χ3n) is 2.56. The van der Waals surface area contributed by atoms with E-state index in [2.05, 4.69) is 4.74 Å². The van der Waals surface area contributed by atoms with Crippen LogP contribution in [0.5, 0.6) is 0 Å². The number of aliphatic carboxylic acids is 1. The lowest BCUT2D eigenvalue weighted by Gasteiger charge is -2.31. The van der Waals surface area contributed by atoms with Gasteiger partial charge in [-0.1, -0.05) is 0 Å². The average Bonchev–Trinajstić information content (AvgIpc) is 2.18. The van der Waals surface area contributed by atoms with Crippen molar-refractivity contribution in [1.29, 1.82) is 0 Å².